The van der Waals surface area contributed by atoms with Crippen LogP contribution in [0.25, 0.3) is 0 Å². The highest BCUT2D eigenvalue weighted by atomic mass is 16.6. The standard InChI is InChI=1S/C27H41N3O4/c1-10-21-13-15-22(16-14-21)24(25(32)29-19(4)5)30(20(6)12-11-18(2)3)23(31)17-28-26(33)34-27(7,8)9/h1,13-16,18-20,24H,11-12,17H2,2-9H3,(H,28,33)(H,29,32). The molecule has 1 aromatic carbocycles. The minimum Gasteiger partial charge on any atom is -0.444 e. The lowest BCUT2D eigenvalue weighted by Gasteiger charge is -2.37. The molecule has 0 radical (unpaired) electrons. The second-order valence-electron chi connectivity index (χ2n) is 10.3. The van der Waals surface area contributed by atoms with Crippen molar-refractivity contribution in [3.05, 3.63) is 35.4 Å². The van der Waals surface area contributed by atoms with E-state index in [0.29, 0.717) is 23.5 Å². The molecule has 7 nitrogen and oxygen atoms in total. The molecule has 2 atom stereocenters. The molecule has 0 bridgehead atoms. The Labute approximate surface area is 205 Å². The van der Waals surface area contributed by atoms with Crippen LogP contribution in [-0.2, 0) is 14.3 Å². The summed E-state index contributed by atoms with van der Waals surface area (Å²) < 4.78 is 5.26. The van der Waals surface area contributed by atoms with Gasteiger partial charge in [-0.2, -0.15) is 0 Å². The van der Waals surface area contributed by atoms with Crippen LogP contribution >= 0.6 is 0 Å². The predicted octanol–water partition coefficient (Wildman–Crippen LogP) is 4.41. The minimum atomic E-state index is -0.871. The fraction of sp³-hybridized carbons (Fsp3) is 0.593. The molecule has 3 amide bonds. The van der Waals surface area contributed by atoms with Gasteiger partial charge in [-0.1, -0.05) is 31.9 Å². The SMILES string of the molecule is C#Cc1ccc(C(C(=O)NC(C)C)N(C(=O)CNC(=O)OC(C)(C)C)C(C)CCC(C)C)cc1. The van der Waals surface area contributed by atoms with Crippen molar-refractivity contribution in [2.75, 3.05) is 6.54 Å². The molecule has 0 fully saturated rings. The van der Waals surface area contributed by atoms with Crippen LogP contribution < -0.4 is 10.6 Å². The van der Waals surface area contributed by atoms with Crippen LogP contribution in [0.15, 0.2) is 24.3 Å². The van der Waals surface area contributed by atoms with Crippen LogP contribution in [0.1, 0.15) is 85.4 Å². The number of ether oxygens (including phenoxy) is 1. The molecule has 0 aliphatic heterocycles. The number of hydrogen-bond acceptors (Lipinski definition) is 4. The molecule has 1 aromatic rings. The van der Waals surface area contributed by atoms with Gasteiger partial charge in [0.1, 0.15) is 18.2 Å². The van der Waals surface area contributed by atoms with Gasteiger partial charge in [0.05, 0.1) is 0 Å². The number of hydrogen-bond donors (Lipinski definition) is 2. The number of benzene rings is 1. The van der Waals surface area contributed by atoms with Gasteiger partial charge in [0, 0.05) is 17.6 Å². The van der Waals surface area contributed by atoms with Gasteiger partial charge in [-0.25, -0.2) is 4.79 Å². The summed E-state index contributed by atoms with van der Waals surface area (Å²) in [7, 11) is 0. The molecule has 2 N–H and O–H groups in total. The van der Waals surface area contributed by atoms with E-state index in [1.807, 2.05) is 20.8 Å². The Morgan fingerprint density at radius 3 is 2.09 bits per heavy atom. The molecule has 188 valence electrons. The molecule has 1 rings (SSSR count). The third-order valence-electron chi connectivity index (χ3n) is 5.06. The minimum absolute atomic E-state index is 0.109. The molecule has 7 heteroatoms. The van der Waals surface area contributed by atoms with E-state index in [1.54, 1.807) is 49.9 Å². The summed E-state index contributed by atoms with van der Waals surface area (Å²) in [6, 6.07) is 5.83. The zero-order chi connectivity index (χ0) is 26.1. The van der Waals surface area contributed by atoms with Crippen molar-refractivity contribution in [1.82, 2.24) is 15.5 Å². The van der Waals surface area contributed by atoms with Crippen molar-refractivity contribution in [1.29, 1.82) is 0 Å². The number of amides is 3. The van der Waals surface area contributed by atoms with Gasteiger partial charge in [-0.15, -0.1) is 6.42 Å². The molecule has 0 aromatic heterocycles. The number of nitrogens with one attached hydrogen (secondary N) is 2. The number of carbonyl (C=O) groups is 3. The van der Waals surface area contributed by atoms with E-state index >= 15 is 0 Å². The smallest absolute Gasteiger partial charge is 0.408 e. The fourth-order valence-corrected chi connectivity index (χ4v) is 3.47. The van der Waals surface area contributed by atoms with E-state index in [0.717, 1.165) is 6.42 Å². The lowest BCUT2D eigenvalue weighted by atomic mass is 9.97. The predicted molar refractivity (Wildman–Crippen MR) is 135 cm³/mol. The van der Waals surface area contributed by atoms with E-state index in [-0.39, 0.29) is 30.4 Å². The van der Waals surface area contributed by atoms with Crippen LogP contribution in [0.4, 0.5) is 4.79 Å². The monoisotopic (exact) mass is 471 g/mol. The Bertz CT molecular complexity index is 863. The van der Waals surface area contributed by atoms with E-state index < -0.39 is 17.7 Å². The Balaban J connectivity index is 3.34. The van der Waals surface area contributed by atoms with Gasteiger partial charge in [0.2, 0.25) is 11.8 Å². The highest BCUT2D eigenvalue weighted by Crippen LogP contribution is 2.27. The fourth-order valence-electron chi connectivity index (χ4n) is 3.47. The average Bonchev–Trinajstić information content (AvgIpc) is 2.72. The van der Waals surface area contributed by atoms with E-state index in [4.69, 9.17) is 11.2 Å². The van der Waals surface area contributed by atoms with Crippen LogP contribution in [0.5, 0.6) is 0 Å². The Kier molecular flexibility index (Phi) is 11.1. The largest absolute Gasteiger partial charge is 0.444 e. The highest BCUT2D eigenvalue weighted by molar-refractivity contribution is 5.90. The summed E-state index contributed by atoms with van der Waals surface area (Å²) in [6.45, 7) is 14.9. The average molecular weight is 472 g/mol. The first-order valence-corrected chi connectivity index (χ1v) is 11.9. The molecule has 0 aliphatic rings. The second-order valence-corrected chi connectivity index (χ2v) is 10.3. The number of carbonyl (C=O) groups excluding carboxylic acids is 3. The van der Waals surface area contributed by atoms with Crippen LogP contribution in [-0.4, -0.2) is 47.0 Å². The Morgan fingerprint density at radius 1 is 1.03 bits per heavy atom. The summed E-state index contributed by atoms with van der Waals surface area (Å²) in [4.78, 5) is 40.6. The molecule has 0 saturated carbocycles. The molecule has 0 heterocycles. The maximum absolute atomic E-state index is 13.5. The van der Waals surface area contributed by atoms with Crippen molar-refractivity contribution in [2.24, 2.45) is 5.92 Å². The Morgan fingerprint density at radius 2 is 1.62 bits per heavy atom. The van der Waals surface area contributed by atoms with Crippen molar-refractivity contribution >= 4 is 17.9 Å². The Hall–Kier alpha value is -3.01. The molecule has 0 spiro atoms. The normalized spacial score (nSPS) is 13.1. The van der Waals surface area contributed by atoms with Gasteiger partial charge in [0.15, 0.2) is 0 Å². The van der Waals surface area contributed by atoms with Crippen molar-refractivity contribution in [3.63, 3.8) is 0 Å². The third kappa shape index (κ3) is 9.86. The molecule has 34 heavy (non-hydrogen) atoms. The maximum atomic E-state index is 13.5. The van der Waals surface area contributed by atoms with E-state index in [2.05, 4.69) is 30.4 Å². The molecule has 2 unspecified atom stereocenters. The second kappa shape index (κ2) is 13.0. The zero-order valence-electron chi connectivity index (χ0n) is 21.9. The molecule has 0 saturated heterocycles. The molecular weight excluding hydrogens is 430 g/mol. The van der Waals surface area contributed by atoms with Crippen LogP contribution in [0.3, 0.4) is 0 Å². The number of rotatable bonds is 10. The zero-order valence-corrected chi connectivity index (χ0v) is 21.9. The summed E-state index contributed by atoms with van der Waals surface area (Å²) in [5.41, 5.74) is 0.652. The quantitative estimate of drug-likeness (QED) is 0.495. The van der Waals surface area contributed by atoms with Gasteiger partial charge in [-0.05, 0) is 78.0 Å². The van der Waals surface area contributed by atoms with Gasteiger partial charge in [-0.3, -0.25) is 9.59 Å². The van der Waals surface area contributed by atoms with Crippen molar-refractivity contribution < 1.29 is 19.1 Å². The number of terminal acetylenes is 1. The first-order chi connectivity index (χ1) is 15.7. The maximum Gasteiger partial charge on any atom is 0.408 e. The van der Waals surface area contributed by atoms with E-state index in [1.165, 1.54) is 0 Å². The van der Waals surface area contributed by atoms with Gasteiger partial charge < -0.3 is 20.3 Å². The highest BCUT2D eigenvalue weighted by Gasteiger charge is 2.35. The van der Waals surface area contributed by atoms with Gasteiger partial charge >= 0.3 is 6.09 Å². The molecule has 0 aliphatic carbocycles. The summed E-state index contributed by atoms with van der Waals surface area (Å²) in [5, 5.41) is 5.47. The summed E-state index contributed by atoms with van der Waals surface area (Å²) in [5.74, 6) is 2.36. The summed E-state index contributed by atoms with van der Waals surface area (Å²) in [6.07, 6.45) is 6.41. The first-order valence-electron chi connectivity index (χ1n) is 11.9. The first kappa shape index (κ1) is 29.0. The summed E-state index contributed by atoms with van der Waals surface area (Å²) >= 11 is 0. The number of nitrogens with zero attached hydrogens (tertiary/aromatic N) is 1. The van der Waals surface area contributed by atoms with Crippen LogP contribution in [0.2, 0.25) is 0 Å². The van der Waals surface area contributed by atoms with E-state index in [9.17, 15) is 14.4 Å². The lowest BCUT2D eigenvalue weighted by molar-refractivity contribution is -0.143. The topological polar surface area (TPSA) is 87.7 Å². The number of alkyl carbamates (subject to hydrolysis) is 1. The lowest BCUT2D eigenvalue weighted by Crippen LogP contribution is -2.52. The van der Waals surface area contributed by atoms with Crippen molar-refractivity contribution in [2.45, 2.75) is 92.0 Å². The van der Waals surface area contributed by atoms with Gasteiger partial charge in [0.25, 0.3) is 0 Å². The third-order valence-corrected chi connectivity index (χ3v) is 5.06. The molecular formula is C27H41N3O4. The van der Waals surface area contributed by atoms with Crippen LogP contribution in [0, 0.1) is 18.3 Å². The van der Waals surface area contributed by atoms with Crippen molar-refractivity contribution in [3.8, 4) is 12.3 Å².